The number of amides is 6. The van der Waals surface area contributed by atoms with Crippen molar-refractivity contribution in [1.29, 1.82) is 0 Å². The van der Waals surface area contributed by atoms with Crippen LogP contribution in [0.5, 0.6) is 11.5 Å². The maximum absolute atomic E-state index is 14.1. The Kier molecular flexibility index (Phi) is 21.4. The minimum absolute atomic E-state index is 0.0916. The van der Waals surface area contributed by atoms with Crippen molar-refractivity contribution >= 4 is 43.3 Å². The van der Waals surface area contributed by atoms with Gasteiger partial charge in [-0.1, -0.05) is 75.9 Å². The summed E-state index contributed by atoms with van der Waals surface area (Å²) in [5.74, 6) is -3.23. The third kappa shape index (κ3) is 17.8. The lowest BCUT2D eigenvalue weighted by Crippen LogP contribution is -2.61. The summed E-state index contributed by atoms with van der Waals surface area (Å²) < 4.78 is 23.9. The number of primary amides is 1. The van der Waals surface area contributed by atoms with Gasteiger partial charge in [0.25, 0.3) is 0 Å². The quantitative estimate of drug-likeness (QED) is 0.0384. The molecule has 67 heavy (non-hydrogen) atoms. The number of likely N-dealkylation sites (tertiary alicyclic amines) is 1. The second-order valence-corrected chi connectivity index (χ2v) is 18.4. The minimum Gasteiger partial charge on any atom is -0.457 e. The van der Waals surface area contributed by atoms with E-state index in [1.807, 2.05) is 66.9 Å². The van der Waals surface area contributed by atoms with Crippen molar-refractivity contribution in [3.63, 3.8) is 0 Å². The Morgan fingerprint density at radius 1 is 0.836 bits per heavy atom. The first-order valence-corrected chi connectivity index (χ1v) is 24.3. The third-order valence-corrected chi connectivity index (χ3v) is 12.0. The number of nitrogens with two attached hydrogens (primary N) is 1. The first-order valence-electron chi connectivity index (χ1n) is 22.8. The standard InChI is InChI=1S/C46H67N8O12P/c1-30(2)25-36(50-46(61)39-21-16-24-54(39)32(4)56)43(58)49-37(44(59)51-38(28-55)45(60)52-41(42(47)57)31(3)66-67(62,63)64)26-34-27-48-29-53(34)23-15-8-6-5-7-10-17-33-18-13-14-22-40(33)65-35-19-11-9-12-20-35/h9,11-14,18-20,22,27,29-31,36-39,41,55H,5-8,10,15-17,21,23-26,28H2,1-4H3,(H2,47,57)(H,49,58)(H,50,61)(H,51,59)(H,52,60)(H2,62,63,64)/t31-,36+,37+,38+,39+,41+/m1/s1. The molecule has 6 atom stereocenters. The van der Waals surface area contributed by atoms with Crippen LogP contribution in [0.2, 0.25) is 0 Å². The number of hydrogen-bond donors (Lipinski definition) is 8. The maximum Gasteiger partial charge on any atom is 0.469 e. The predicted molar refractivity (Wildman–Crippen MR) is 247 cm³/mol. The molecule has 1 saturated heterocycles. The number of rotatable bonds is 28. The molecule has 0 bridgehead atoms. The molecule has 2 aromatic carbocycles. The van der Waals surface area contributed by atoms with E-state index in [0.29, 0.717) is 31.6 Å². The Bertz CT molecular complexity index is 2150. The van der Waals surface area contributed by atoms with Gasteiger partial charge in [-0.3, -0.25) is 33.3 Å². The Morgan fingerprint density at radius 2 is 1.46 bits per heavy atom. The van der Waals surface area contributed by atoms with Gasteiger partial charge >= 0.3 is 7.82 Å². The van der Waals surface area contributed by atoms with E-state index < -0.39 is 80.3 Å². The lowest BCUT2D eigenvalue weighted by atomic mass is 10.0. The van der Waals surface area contributed by atoms with Gasteiger partial charge in [0.05, 0.1) is 19.0 Å². The molecule has 0 unspecified atom stereocenters. The average molecular weight is 955 g/mol. The summed E-state index contributed by atoms with van der Waals surface area (Å²) in [4.78, 5) is 104. The summed E-state index contributed by atoms with van der Waals surface area (Å²) in [6, 6.07) is 10.9. The number of nitrogens with one attached hydrogen (secondary N) is 4. The van der Waals surface area contributed by atoms with E-state index in [1.54, 1.807) is 12.5 Å². The number of benzene rings is 2. The second-order valence-electron chi connectivity index (χ2n) is 17.2. The molecule has 3 aromatic rings. The lowest BCUT2D eigenvalue weighted by Gasteiger charge is -2.28. The molecular weight excluding hydrogens is 888 g/mol. The summed E-state index contributed by atoms with van der Waals surface area (Å²) in [7, 11) is -5.12. The normalized spacial score (nSPS) is 16.1. The predicted octanol–water partition coefficient (Wildman–Crippen LogP) is 2.77. The number of carbonyl (C=O) groups excluding carboxylic acids is 6. The molecule has 0 spiro atoms. The highest BCUT2D eigenvalue weighted by atomic mass is 31.2. The second kappa shape index (κ2) is 26.6. The SMILES string of the molecule is CC(=O)N1CCC[C@H]1C(=O)N[C@@H](CC(C)C)C(=O)N[C@@H](Cc1cncn1CCCCCCCCc1ccccc1Oc1ccccc1)C(=O)N[C@@H](CO)C(=O)N[C@H](C(N)=O)[C@@H](C)OP(=O)(O)O. The number of phosphoric ester groups is 1. The van der Waals surface area contributed by atoms with Crippen LogP contribution in [0.3, 0.4) is 0 Å². The zero-order chi connectivity index (χ0) is 49.1. The zero-order valence-electron chi connectivity index (χ0n) is 38.7. The number of hydrogen-bond acceptors (Lipinski definition) is 11. The van der Waals surface area contributed by atoms with Crippen molar-refractivity contribution in [3.8, 4) is 11.5 Å². The van der Waals surface area contributed by atoms with Crippen LogP contribution in [0.25, 0.3) is 0 Å². The fourth-order valence-corrected chi connectivity index (χ4v) is 8.50. The Morgan fingerprint density at radius 3 is 2.12 bits per heavy atom. The lowest BCUT2D eigenvalue weighted by molar-refractivity contribution is -0.139. The summed E-state index contributed by atoms with van der Waals surface area (Å²) in [5.41, 5.74) is 7.08. The number of phosphoric acid groups is 1. The number of ether oxygens (including phenoxy) is 1. The molecule has 20 nitrogen and oxygen atoms in total. The van der Waals surface area contributed by atoms with Crippen LogP contribution < -0.4 is 31.7 Å². The van der Waals surface area contributed by atoms with Crippen LogP contribution in [-0.4, -0.2) is 114 Å². The summed E-state index contributed by atoms with van der Waals surface area (Å²) in [6.45, 7) is 6.11. The molecule has 1 aromatic heterocycles. The number of imidazole rings is 1. The fourth-order valence-electron chi connectivity index (χ4n) is 7.94. The molecule has 1 aliphatic rings. The van der Waals surface area contributed by atoms with Crippen molar-refractivity contribution in [2.24, 2.45) is 11.7 Å². The van der Waals surface area contributed by atoms with Crippen LogP contribution in [0.1, 0.15) is 96.7 Å². The van der Waals surface area contributed by atoms with E-state index in [4.69, 9.17) is 10.5 Å². The summed E-state index contributed by atoms with van der Waals surface area (Å²) in [6.07, 6.45) is 9.29. The van der Waals surface area contributed by atoms with Crippen LogP contribution in [0, 0.1) is 5.92 Å². The Hall–Kier alpha value is -5.66. The smallest absolute Gasteiger partial charge is 0.457 e. The third-order valence-electron chi connectivity index (χ3n) is 11.4. The van der Waals surface area contributed by atoms with E-state index in [9.17, 15) is 48.2 Å². The molecular formula is C46H67N8O12P. The van der Waals surface area contributed by atoms with E-state index in [0.717, 1.165) is 68.9 Å². The number of para-hydroxylation sites is 2. The van der Waals surface area contributed by atoms with Gasteiger partial charge in [0, 0.05) is 38.3 Å². The summed E-state index contributed by atoms with van der Waals surface area (Å²) >= 11 is 0. The largest absolute Gasteiger partial charge is 0.469 e. The molecule has 0 aliphatic carbocycles. The van der Waals surface area contributed by atoms with Crippen LogP contribution in [0.4, 0.5) is 0 Å². The number of carbonyl (C=O) groups is 6. The van der Waals surface area contributed by atoms with Gasteiger partial charge in [0.2, 0.25) is 35.4 Å². The number of aryl methyl sites for hydroxylation is 2. The molecule has 4 rings (SSSR count). The van der Waals surface area contributed by atoms with Gasteiger partial charge in [-0.2, -0.15) is 0 Å². The molecule has 0 radical (unpaired) electrons. The monoisotopic (exact) mass is 954 g/mol. The number of aliphatic hydroxyl groups excluding tert-OH is 1. The maximum atomic E-state index is 14.1. The number of nitrogens with zero attached hydrogens (tertiary/aromatic N) is 3. The number of aliphatic hydroxyl groups is 1. The van der Waals surface area contributed by atoms with E-state index >= 15 is 0 Å². The first-order chi connectivity index (χ1) is 31.9. The fraction of sp³-hybridized carbons (Fsp3) is 0.543. The van der Waals surface area contributed by atoms with Crippen LogP contribution >= 0.6 is 7.82 Å². The Balaban J connectivity index is 1.42. The van der Waals surface area contributed by atoms with Crippen LogP contribution in [0.15, 0.2) is 67.1 Å². The van der Waals surface area contributed by atoms with Crippen molar-refractivity contribution in [3.05, 3.63) is 78.4 Å². The molecule has 1 fully saturated rings. The molecule has 1 aliphatic heterocycles. The van der Waals surface area contributed by atoms with Crippen molar-refractivity contribution in [2.75, 3.05) is 13.2 Å². The van der Waals surface area contributed by atoms with Crippen molar-refractivity contribution < 1.29 is 57.5 Å². The highest BCUT2D eigenvalue weighted by Gasteiger charge is 2.37. The van der Waals surface area contributed by atoms with E-state index in [-0.39, 0.29) is 24.7 Å². The minimum atomic E-state index is -5.12. The van der Waals surface area contributed by atoms with Crippen LogP contribution in [-0.2, 0) is 57.2 Å². The molecule has 21 heteroatoms. The highest BCUT2D eigenvalue weighted by molar-refractivity contribution is 7.46. The number of unbranched alkanes of at least 4 members (excludes halogenated alkanes) is 5. The molecule has 2 heterocycles. The summed E-state index contributed by atoms with van der Waals surface area (Å²) in [5, 5.41) is 20.2. The van der Waals surface area contributed by atoms with Crippen molar-refractivity contribution in [1.82, 2.24) is 35.7 Å². The zero-order valence-corrected chi connectivity index (χ0v) is 39.6. The van der Waals surface area contributed by atoms with Gasteiger partial charge in [-0.25, -0.2) is 9.55 Å². The molecule has 368 valence electrons. The van der Waals surface area contributed by atoms with E-state index in [1.165, 1.54) is 11.8 Å². The molecule has 6 amide bonds. The van der Waals surface area contributed by atoms with Gasteiger partial charge in [0.1, 0.15) is 41.7 Å². The van der Waals surface area contributed by atoms with Gasteiger partial charge < -0.3 is 56.1 Å². The highest BCUT2D eigenvalue weighted by Crippen LogP contribution is 2.38. The molecule has 0 saturated carbocycles. The average Bonchev–Trinajstić information content (AvgIpc) is 3.95. The van der Waals surface area contributed by atoms with Gasteiger partial charge in [0.15, 0.2) is 0 Å². The Labute approximate surface area is 391 Å². The van der Waals surface area contributed by atoms with E-state index in [2.05, 4.69) is 36.8 Å². The molecule has 9 N–H and O–H groups in total. The van der Waals surface area contributed by atoms with Gasteiger partial charge in [-0.05, 0) is 75.1 Å². The van der Waals surface area contributed by atoms with Crippen molar-refractivity contribution in [2.45, 2.75) is 141 Å². The number of aromatic nitrogens is 2. The first kappa shape index (κ1) is 54.0. The topological polar surface area (TPSA) is 294 Å². The van der Waals surface area contributed by atoms with Gasteiger partial charge in [-0.15, -0.1) is 0 Å².